The molecule has 5 heteroatoms. The van der Waals surface area contributed by atoms with Crippen LogP contribution in [0.25, 0.3) is 0 Å². The van der Waals surface area contributed by atoms with Crippen molar-refractivity contribution in [3.63, 3.8) is 0 Å². The average molecular weight is 261 g/mol. The van der Waals surface area contributed by atoms with E-state index in [0.29, 0.717) is 0 Å². The van der Waals surface area contributed by atoms with Crippen molar-refractivity contribution in [1.29, 1.82) is 0 Å². The van der Waals surface area contributed by atoms with Gasteiger partial charge in [0, 0.05) is 42.8 Å². The molecule has 0 unspecified atom stereocenters. The minimum Gasteiger partial charge on any atom is -0.314 e. The van der Waals surface area contributed by atoms with Gasteiger partial charge < -0.3 is 5.32 Å². The summed E-state index contributed by atoms with van der Waals surface area (Å²) in [5.41, 5.74) is 0.108. The van der Waals surface area contributed by atoms with Crippen LogP contribution in [0.15, 0.2) is 12.1 Å². The molecule has 1 heterocycles. The molecule has 1 saturated heterocycles. The van der Waals surface area contributed by atoms with Gasteiger partial charge in [-0.05, 0) is 19.1 Å². The Morgan fingerprint density at radius 2 is 1.76 bits per heavy atom. The van der Waals surface area contributed by atoms with Gasteiger partial charge in [0.15, 0.2) is 0 Å². The maximum absolute atomic E-state index is 13.7. The van der Waals surface area contributed by atoms with Gasteiger partial charge in [-0.2, -0.15) is 0 Å². The summed E-state index contributed by atoms with van der Waals surface area (Å²) in [6.45, 7) is 5.11. The lowest BCUT2D eigenvalue weighted by molar-refractivity contribution is 0.179. The Hall–Kier alpha value is -0.710. The molecule has 1 aromatic rings. The molecule has 1 aliphatic heterocycles. The number of hydrogen-bond donors (Lipinski definition) is 1. The molecule has 1 atom stereocenters. The van der Waals surface area contributed by atoms with Crippen molar-refractivity contribution in [2.75, 3.05) is 26.2 Å². The first-order chi connectivity index (χ1) is 8.09. The summed E-state index contributed by atoms with van der Waals surface area (Å²) >= 11 is 5.61. The third-order valence-electron chi connectivity index (χ3n) is 3.16. The third-order valence-corrected chi connectivity index (χ3v) is 3.38. The van der Waals surface area contributed by atoms with E-state index < -0.39 is 11.6 Å². The highest BCUT2D eigenvalue weighted by Gasteiger charge is 2.24. The topological polar surface area (TPSA) is 15.3 Å². The van der Waals surface area contributed by atoms with E-state index in [-0.39, 0.29) is 16.6 Å². The van der Waals surface area contributed by atoms with Crippen molar-refractivity contribution in [1.82, 2.24) is 10.2 Å². The lowest BCUT2D eigenvalue weighted by Crippen LogP contribution is -2.44. The maximum atomic E-state index is 13.7. The van der Waals surface area contributed by atoms with E-state index in [9.17, 15) is 8.78 Å². The average Bonchev–Trinajstić information content (AvgIpc) is 2.28. The van der Waals surface area contributed by atoms with Gasteiger partial charge in [0.2, 0.25) is 0 Å². The highest BCUT2D eigenvalue weighted by Crippen LogP contribution is 2.28. The van der Waals surface area contributed by atoms with Crippen molar-refractivity contribution < 1.29 is 8.78 Å². The summed E-state index contributed by atoms with van der Waals surface area (Å²) < 4.78 is 27.5. The number of rotatable bonds is 2. The fourth-order valence-corrected chi connectivity index (χ4v) is 2.40. The summed E-state index contributed by atoms with van der Waals surface area (Å²) in [6, 6.07) is 2.06. The Morgan fingerprint density at radius 1 is 1.24 bits per heavy atom. The van der Waals surface area contributed by atoms with Crippen LogP contribution in [0.1, 0.15) is 18.5 Å². The van der Waals surface area contributed by atoms with Gasteiger partial charge in [0.05, 0.1) is 0 Å². The standard InChI is InChI=1S/C12H15ClF2N2/c1-8(17-4-2-16-3-5-17)12-10(14)6-9(13)7-11(12)15/h6-8,16H,2-5H2,1H3/t8-/m1/s1. The minimum absolute atomic E-state index is 0.0938. The fourth-order valence-electron chi connectivity index (χ4n) is 2.20. The highest BCUT2D eigenvalue weighted by molar-refractivity contribution is 6.30. The van der Waals surface area contributed by atoms with Crippen LogP contribution in [0.5, 0.6) is 0 Å². The van der Waals surface area contributed by atoms with E-state index in [2.05, 4.69) is 10.2 Å². The Kier molecular flexibility index (Phi) is 3.97. The van der Waals surface area contributed by atoms with Crippen molar-refractivity contribution in [3.05, 3.63) is 34.4 Å². The van der Waals surface area contributed by atoms with Gasteiger partial charge in [-0.15, -0.1) is 0 Å². The Bertz CT molecular complexity index is 382. The van der Waals surface area contributed by atoms with Crippen molar-refractivity contribution in [2.45, 2.75) is 13.0 Å². The summed E-state index contributed by atoms with van der Waals surface area (Å²) in [5, 5.41) is 3.30. The van der Waals surface area contributed by atoms with Gasteiger partial charge in [0.25, 0.3) is 0 Å². The summed E-state index contributed by atoms with van der Waals surface area (Å²) in [6.07, 6.45) is 0. The van der Waals surface area contributed by atoms with E-state index in [1.807, 2.05) is 6.92 Å². The number of piperazine rings is 1. The molecule has 1 N–H and O–H groups in total. The zero-order chi connectivity index (χ0) is 12.4. The van der Waals surface area contributed by atoms with Gasteiger partial charge in [-0.3, -0.25) is 4.90 Å². The molecule has 2 nitrogen and oxygen atoms in total. The van der Waals surface area contributed by atoms with Gasteiger partial charge in [-0.25, -0.2) is 8.78 Å². The summed E-state index contributed by atoms with van der Waals surface area (Å²) in [4.78, 5) is 2.06. The molecule has 0 spiro atoms. The van der Waals surface area contributed by atoms with Gasteiger partial charge >= 0.3 is 0 Å². The molecule has 0 aromatic heterocycles. The number of halogens is 3. The molecule has 0 radical (unpaired) electrons. The summed E-state index contributed by atoms with van der Waals surface area (Å²) in [7, 11) is 0. The van der Waals surface area contributed by atoms with Crippen molar-refractivity contribution in [2.24, 2.45) is 0 Å². The second kappa shape index (κ2) is 5.29. The molecular formula is C12H15ClF2N2. The van der Waals surface area contributed by atoms with Crippen molar-refractivity contribution in [3.8, 4) is 0 Å². The molecule has 0 saturated carbocycles. The molecule has 1 fully saturated rings. The van der Waals surface area contributed by atoms with Crippen LogP contribution in [0, 0.1) is 11.6 Å². The lowest BCUT2D eigenvalue weighted by Gasteiger charge is -2.33. The van der Waals surface area contributed by atoms with Gasteiger partial charge in [0.1, 0.15) is 11.6 Å². The molecule has 2 rings (SSSR count). The lowest BCUT2D eigenvalue weighted by atomic mass is 10.0. The summed E-state index contributed by atoms with van der Waals surface area (Å²) in [5.74, 6) is -1.14. The van der Waals surface area contributed by atoms with Gasteiger partial charge in [-0.1, -0.05) is 11.6 Å². The van der Waals surface area contributed by atoms with Crippen LogP contribution in [0.2, 0.25) is 5.02 Å². The minimum atomic E-state index is -0.568. The molecule has 0 amide bonds. The van der Waals surface area contributed by atoms with Crippen LogP contribution in [0.4, 0.5) is 8.78 Å². The van der Waals surface area contributed by atoms with E-state index in [0.717, 1.165) is 26.2 Å². The van der Waals surface area contributed by atoms with Crippen LogP contribution in [-0.4, -0.2) is 31.1 Å². The first kappa shape index (κ1) is 12.7. The smallest absolute Gasteiger partial charge is 0.132 e. The monoisotopic (exact) mass is 260 g/mol. The van der Waals surface area contributed by atoms with E-state index in [1.165, 1.54) is 12.1 Å². The second-order valence-corrected chi connectivity index (χ2v) is 4.68. The predicted molar refractivity (Wildman–Crippen MR) is 64.2 cm³/mol. The largest absolute Gasteiger partial charge is 0.314 e. The van der Waals surface area contributed by atoms with Crippen LogP contribution in [-0.2, 0) is 0 Å². The molecule has 1 aliphatic rings. The zero-order valence-electron chi connectivity index (χ0n) is 9.64. The predicted octanol–water partition coefficient (Wildman–Crippen LogP) is 2.58. The second-order valence-electron chi connectivity index (χ2n) is 4.25. The molecule has 94 valence electrons. The first-order valence-electron chi connectivity index (χ1n) is 5.69. The number of hydrogen-bond acceptors (Lipinski definition) is 2. The first-order valence-corrected chi connectivity index (χ1v) is 6.06. The normalized spacial score (nSPS) is 19.3. The Morgan fingerprint density at radius 3 is 2.29 bits per heavy atom. The molecule has 17 heavy (non-hydrogen) atoms. The molecule has 1 aromatic carbocycles. The number of nitrogens with one attached hydrogen (secondary N) is 1. The highest BCUT2D eigenvalue weighted by atomic mass is 35.5. The number of nitrogens with zero attached hydrogens (tertiary/aromatic N) is 1. The fraction of sp³-hybridized carbons (Fsp3) is 0.500. The quantitative estimate of drug-likeness (QED) is 0.879. The molecule has 0 aliphatic carbocycles. The van der Waals surface area contributed by atoms with E-state index in [4.69, 9.17) is 11.6 Å². The van der Waals surface area contributed by atoms with E-state index >= 15 is 0 Å². The zero-order valence-corrected chi connectivity index (χ0v) is 10.4. The molecular weight excluding hydrogens is 246 g/mol. The maximum Gasteiger partial charge on any atom is 0.132 e. The van der Waals surface area contributed by atoms with Crippen LogP contribution in [0.3, 0.4) is 0 Å². The van der Waals surface area contributed by atoms with E-state index in [1.54, 1.807) is 0 Å². The third kappa shape index (κ3) is 2.76. The Labute approximate surface area is 105 Å². The number of benzene rings is 1. The van der Waals surface area contributed by atoms with Crippen LogP contribution >= 0.6 is 11.6 Å². The Balaban J connectivity index is 2.26. The SMILES string of the molecule is C[C@H](c1c(F)cc(Cl)cc1F)N1CCNCC1. The van der Waals surface area contributed by atoms with Crippen LogP contribution < -0.4 is 5.32 Å². The molecule has 0 bridgehead atoms. The van der Waals surface area contributed by atoms with Crippen molar-refractivity contribution >= 4 is 11.6 Å².